The molecule has 0 unspecified atom stereocenters. The summed E-state index contributed by atoms with van der Waals surface area (Å²) in [6, 6.07) is 12.8. The molecule has 2 aromatic rings. The van der Waals surface area contributed by atoms with Crippen molar-refractivity contribution in [3.63, 3.8) is 0 Å². The van der Waals surface area contributed by atoms with Crippen molar-refractivity contribution in [2.45, 2.75) is 6.42 Å². The Hall–Kier alpha value is -2.40. The molecule has 1 heterocycles. The number of amides is 1. The van der Waals surface area contributed by atoms with E-state index in [1.807, 2.05) is 18.2 Å². The summed E-state index contributed by atoms with van der Waals surface area (Å²) in [7, 11) is 1.77. The van der Waals surface area contributed by atoms with E-state index in [9.17, 15) is 4.79 Å². The summed E-state index contributed by atoms with van der Waals surface area (Å²) in [4.78, 5) is 14.0. The number of benzene rings is 2. The van der Waals surface area contributed by atoms with Gasteiger partial charge in [-0.1, -0.05) is 17.7 Å². The van der Waals surface area contributed by atoms with E-state index in [4.69, 9.17) is 25.8 Å². The maximum atomic E-state index is 12.3. The van der Waals surface area contributed by atoms with Crippen LogP contribution < -0.4 is 14.2 Å². The molecule has 0 bridgehead atoms. The quantitative estimate of drug-likeness (QED) is 0.792. The standard InChI is InChI=1S/C19H20ClNO4/c1-21(8-9-23-16-5-3-15(20)4-6-16)19(22)13-14-2-7-17-18(12-14)25-11-10-24-17/h2-7,12H,8-11,13H2,1H3. The number of halogens is 1. The molecule has 0 aromatic heterocycles. The summed E-state index contributed by atoms with van der Waals surface area (Å²) in [6.07, 6.45) is 0.314. The molecule has 0 saturated heterocycles. The maximum Gasteiger partial charge on any atom is 0.226 e. The van der Waals surface area contributed by atoms with E-state index in [-0.39, 0.29) is 5.91 Å². The summed E-state index contributed by atoms with van der Waals surface area (Å²) < 4.78 is 16.7. The minimum Gasteiger partial charge on any atom is -0.492 e. The van der Waals surface area contributed by atoms with Crippen LogP contribution in [0.1, 0.15) is 5.56 Å². The van der Waals surface area contributed by atoms with Crippen LogP contribution in [0.3, 0.4) is 0 Å². The zero-order chi connectivity index (χ0) is 17.6. The van der Waals surface area contributed by atoms with E-state index in [0.29, 0.717) is 43.6 Å². The normalized spacial score (nSPS) is 12.6. The minimum atomic E-state index is 0.0244. The van der Waals surface area contributed by atoms with Gasteiger partial charge >= 0.3 is 0 Å². The molecule has 25 heavy (non-hydrogen) atoms. The highest BCUT2D eigenvalue weighted by molar-refractivity contribution is 6.30. The maximum absolute atomic E-state index is 12.3. The molecule has 1 aliphatic heterocycles. The van der Waals surface area contributed by atoms with E-state index in [1.165, 1.54) is 0 Å². The fourth-order valence-electron chi connectivity index (χ4n) is 2.46. The van der Waals surface area contributed by atoms with E-state index >= 15 is 0 Å². The first kappa shape index (κ1) is 17.4. The predicted octanol–water partition coefficient (Wildman–Crippen LogP) is 3.19. The molecule has 0 N–H and O–H groups in total. The van der Waals surface area contributed by atoms with Crippen molar-refractivity contribution < 1.29 is 19.0 Å². The molecule has 1 aliphatic rings. The Labute approximate surface area is 152 Å². The van der Waals surface area contributed by atoms with Gasteiger partial charge in [-0.2, -0.15) is 0 Å². The van der Waals surface area contributed by atoms with Crippen molar-refractivity contribution in [3.8, 4) is 17.2 Å². The van der Waals surface area contributed by atoms with Crippen molar-refractivity contribution in [1.82, 2.24) is 4.90 Å². The van der Waals surface area contributed by atoms with Crippen LogP contribution in [0.4, 0.5) is 0 Å². The molecule has 0 fully saturated rings. The topological polar surface area (TPSA) is 48.0 Å². The molecule has 0 saturated carbocycles. The number of ether oxygens (including phenoxy) is 3. The highest BCUT2D eigenvalue weighted by Gasteiger charge is 2.15. The van der Waals surface area contributed by atoms with Gasteiger partial charge in [0.1, 0.15) is 25.6 Å². The molecule has 5 nitrogen and oxygen atoms in total. The number of likely N-dealkylation sites (N-methyl/N-ethyl adjacent to an activating group) is 1. The Bertz CT molecular complexity index is 733. The van der Waals surface area contributed by atoms with Gasteiger partial charge in [0.05, 0.1) is 13.0 Å². The molecule has 0 atom stereocenters. The zero-order valence-corrected chi connectivity index (χ0v) is 14.8. The number of carbonyl (C=O) groups excluding carboxylic acids is 1. The van der Waals surface area contributed by atoms with Crippen LogP contribution >= 0.6 is 11.6 Å². The monoisotopic (exact) mass is 361 g/mol. The highest BCUT2D eigenvalue weighted by atomic mass is 35.5. The first-order valence-electron chi connectivity index (χ1n) is 8.13. The lowest BCUT2D eigenvalue weighted by molar-refractivity contribution is -0.129. The second kappa shape index (κ2) is 8.12. The first-order chi connectivity index (χ1) is 12.1. The van der Waals surface area contributed by atoms with Gasteiger partial charge in [0, 0.05) is 12.1 Å². The first-order valence-corrected chi connectivity index (χ1v) is 8.50. The number of carbonyl (C=O) groups is 1. The van der Waals surface area contributed by atoms with Crippen LogP contribution in [0.2, 0.25) is 5.02 Å². The van der Waals surface area contributed by atoms with Gasteiger partial charge in [-0.05, 0) is 42.0 Å². The lowest BCUT2D eigenvalue weighted by atomic mass is 10.1. The predicted molar refractivity (Wildman–Crippen MR) is 95.7 cm³/mol. The van der Waals surface area contributed by atoms with E-state index in [1.54, 1.807) is 36.2 Å². The second-order valence-electron chi connectivity index (χ2n) is 5.77. The van der Waals surface area contributed by atoms with Crippen LogP contribution in [0.5, 0.6) is 17.2 Å². The summed E-state index contributed by atoms with van der Waals surface area (Å²) in [5.74, 6) is 2.19. The molecule has 132 valence electrons. The van der Waals surface area contributed by atoms with Crippen molar-refractivity contribution in [2.24, 2.45) is 0 Å². The second-order valence-corrected chi connectivity index (χ2v) is 6.21. The molecular weight excluding hydrogens is 342 g/mol. The lowest BCUT2D eigenvalue weighted by Gasteiger charge is -2.20. The summed E-state index contributed by atoms with van der Waals surface area (Å²) in [5, 5.41) is 0.666. The van der Waals surface area contributed by atoms with Crippen molar-refractivity contribution in [3.05, 3.63) is 53.1 Å². The van der Waals surface area contributed by atoms with Gasteiger partial charge in [0.25, 0.3) is 0 Å². The number of fused-ring (bicyclic) bond motifs is 1. The SMILES string of the molecule is CN(CCOc1ccc(Cl)cc1)C(=O)Cc1ccc2c(c1)OCCO2. The minimum absolute atomic E-state index is 0.0244. The fourth-order valence-corrected chi connectivity index (χ4v) is 2.59. The number of nitrogens with zero attached hydrogens (tertiary/aromatic N) is 1. The molecule has 0 aliphatic carbocycles. The third kappa shape index (κ3) is 4.79. The van der Waals surface area contributed by atoms with Gasteiger partial charge in [0.15, 0.2) is 11.5 Å². The Morgan fingerprint density at radius 2 is 1.84 bits per heavy atom. The molecule has 3 rings (SSSR count). The van der Waals surface area contributed by atoms with Crippen LogP contribution in [-0.4, -0.2) is 44.2 Å². The number of hydrogen-bond donors (Lipinski definition) is 0. The third-order valence-electron chi connectivity index (χ3n) is 3.90. The Morgan fingerprint density at radius 1 is 1.12 bits per heavy atom. The van der Waals surface area contributed by atoms with Crippen LogP contribution in [-0.2, 0) is 11.2 Å². The number of rotatable bonds is 6. The average Bonchev–Trinajstić information content (AvgIpc) is 2.63. The summed E-state index contributed by atoms with van der Waals surface area (Å²) in [5.41, 5.74) is 0.903. The summed E-state index contributed by atoms with van der Waals surface area (Å²) in [6.45, 7) is 2.02. The van der Waals surface area contributed by atoms with Gasteiger partial charge in [-0.3, -0.25) is 4.79 Å². The molecular formula is C19H20ClNO4. The zero-order valence-electron chi connectivity index (χ0n) is 14.0. The van der Waals surface area contributed by atoms with Crippen molar-refractivity contribution in [2.75, 3.05) is 33.4 Å². The molecule has 6 heteroatoms. The van der Waals surface area contributed by atoms with Gasteiger partial charge in [-0.15, -0.1) is 0 Å². The van der Waals surface area contributed by atoms with Gasteiger partial charge in [-0.25, -0.2) is 0 Å². The highest BCUT2D eigenvalue weighted by Crippen LogP contribution is 2.30. The smallest absolute Gasteiger partial charge is 0.226 e. The van der Waals surface area contributed by atoms with Gasteiger partial charge in [0.2, 0.25) is 5.91 Å². The Balaban J connectivity index is 1.48. The molecule has 1 amide bonds. The number of hydrogen-bond acceptors (Lipinski definition) is 4. The Kier molecular flexibility index (Phi) is 5.66. The van der Waals surface area contributed by atoms with E-state index < -0.39 is 0 Å². The molecule has 0 radical (unpaired) electrons. The van der Waals surface area contributed by atoms with Gasteiger partial charge < -0.3 is 19.1 Å². The molecule has 2 aromatic carbocycles. The van der Waals surface area contributed by atoms with Crippen LogP contribution in [0.25, 0.3) is 0 Å². The largest absolute Gasteiger partial charge is 0.492 e. The van der Waals surface area contributed by atoms with Crippen LogP contribution in [0.15, 0.2) is 42.5 Å². The lowest BCUT2D eigenvalue weighted by Crippen LogP contribution is -2.32. The third-order valence-corrected chi connectivity index (χ3v) is 4.15. The molecule has 0 spiro atoms. The van der Waals surface area contributed by atoms with Crippen molar-refractivity contribution in [1.29, 1.82) is 0 Å². The van der Waals surface area contributed by atoms with E-state index in [0.717, 1.165) is 17.1 Å². The van der Waals surface area contributed by atoms with Crippen LogP contribution in [0, 0.1) is 0 Å². The summed E-state index contributed by atoms with van der Waals surface area (Å²) >= 11 is 5.83. The Morgan fingerprint density at radius 3 is 2.60 bits per heavy atom. The average molecular weight is 362 g/mol. The van der Waals surface area contributed by atoms with E-state index in [2.05, 4.69) is 0 Å². The fraction of sp³-hybridized carbons (Fsp3) is 0.316. The van der Waals surface area contributed by atoms with Crippen molar-refractivity contribution >= 4 is 17.5 Å².